The van der Waals surface area contributed by atoms with Crippen molar-refractivity contribution in [3.63, 3.8) is 0 Å². The molecule has 3 N–H and O–H groups in total. The standard InChI is InChI=1S/C20H22ClN3O4/c1-3-14-7-5-6-8-16(14)23-18(25)11-19(26)24-22-12-13-9-15(21)20(27)17(10-13)28-4-2/h5-10,12,27H,3-4,11H2,1-2H3,(H,23,25)(H,24,26)/b22-12+. The van der Waals surface area contributed by atoms with Gasteiger partial charge in [0.2, 0.25) is 11.8 Å². The maximum Gasteiger partial charge on any atom is 0.249 e. The number of aromatic hydroxyl groups is 1. The highest BCUT2D eigenvalue weighted by Gasteiger charge is 2.11. The number of halogens is 1. The number of carbonyl (C=O) groups excluding carboxylic acids is 2. The molecule has 0 aliphatic carbocycles. The third-order valence-corrected chi connectivity index (χ3v) is 4.04. The number of hydrogen-bond donors (Lipinski definition) is 3. The van der Waals surface area contributed by atoms with Gasteiger partial charge in [-0.15, -0.1) is 0 Å². The summed E-state index contributed by atoms with van der Waals surface area (Å²) in [6.45, 7) is 4.12. The van der Waals surface area contributed by atoms with E-state index in [2.05, 4.69) is 15.8 Å². The summed E-state index contributed by atoms with van der Waals surface area (Å²) >= 11 is 5.93. The largest absolute Gasteiger partial charge is 0.503 e. The summed E-state index contributed by atoms with van der Waals surface area (Å²) < 4.78 is 5.28. The monoisotopic (exact) mass is 403 g/mol. The van der Waals surface area contributed by atoms with Gasteiger partial charge in [-0.3, -0.25) is 9.59 Å². The van der Waals surface area contributed by atoms with Crippen LogP contribution in [-0.2, 0) is 16.0 Å². The molecule has 7 nitrogen and oxygen atoms in total. The van der Waals surface area contributed by atoms with Crippen LogP contribution >= 0.6 is 11.6 Å². The van der Waals surface area contributed by atoms with E-state index in [1.165, 1.54) is 18.3 Å². The molecule has 0 fully saturated rings. The minimum Gasteiger partial charge on any atom is -0.503 e. The Morgan fingerprint density at radius 2 is 1.96 bits per heavy atom. The van der Waals surface area contributed by atoms with E-state index in [1.807, 2.05) is 25.1 Å². The maximum atomic E-state index is 12.0. The molecule has 0 atom stereocenters. The molecular formula is C20H22ClN3O4. The first-order valence-electron chi connectivity index (χ1n) is 8.79. The number of anilines is 1. The second-order valence-corrected chi connectivity index (χ2v) is 6.22. The van der Waals surface area contributed by atoms with Gasteiger partial charge in [0.05, 0.1) is 17.8 Å². The molecule has 0 spiro atoms. The average Bonchev–Trinajstić information content (AvgIpc) is 2.66. The molecule has 0 radical (unpaired) electrons. The van der Waals surface area contributed by atoms with Crippen LogP contribution in [0.25, 0.3) is 0 Å². The molecule has 0 saturated carbocycles. The topological polar surface area (TPSA) is 100 Å². The van der Waals surface area contributed by atoms with E-state index in [4.69, 9.17) is 16.3 Å². The number of ether oxygens (including phenoxy) is 1. The number of amides is 2. The highest BCUT2D eigenvalue weighted by molar-refractivity contribution is 6.32. The Kier molecular flexibility index (Phi) is 7.83. The quantitative estimate of drug-likeness (QED) is 0.357. The Hall–Kier alpha value is -3.06. The number of hydrazone groups is 1. The molecule has 2 aromatic carbocycles. The molecule has 28 heavy (non-hydrogen) atoms. The van der Waals surface area contributed by atoms with Crippen LogP contribution in [0, 0.1) is 0 Å². The normalized spacial score (nSPS) is 10.7. The molecule has 0 aliphatic heterocycles. The van der Waals surface area contributed by atoms with Gasteiger partial charge in [0.25, 0.3) is 0 Å². The van der Waals surface area contributed by atoms with Crippen LogP contribution in [0.2, 0.25) is 5.02 Å². The summed E-state index contributed by atoms with van der Waals surface area (Å²) in [5.74, 6) is -0.928. The van der Waals surface area contributed by atoms with Crippen LogP contribution in [0.5, 0.6) is 11.5 Å². The van der Waals surface area contributed by atoms with Gasteiger partial charge >= 0.3 is 0 Å². The summed E-state index contributed by atoms with van der Waals surface area (Å²) in [6, 6.07) is 10.4. The number of aryl methyl sites for hydroxylation is 1. The first-order chi connectivity index (χ1) is 13.4. The fourth-order valence-electron chi connectivity index (χ4n) is 2.44. The van der Waals surface area contributed by atoms with Crippen LogP contribution in [0.3, 0.4) is 0 Å². The number of rotatable bonds is 8. The summed E-state index contributed by atoms with van der Waals surface area (Å²) in [4.78, 5) is 23.9. The first kappa shape index (κ1) is 21.2. The van der Waals surface area contributed by atoms with Crippen LogP contribution in [0.1, 0.15) is 31.4 Å². The molecule has 0 unspecified atom stereocenters. The SMILES string of the molecule is CCOc1cc(/C=N/NC(=O)CC(=O)Nc2ccccc2CC)cc(Cl)c1O. The minimum atomic E-state index is -0.558. The average molecular weight is 404 g/mol. The predicted molar refractivity (Wildman–Crippen MR) is 109 cm³/mol. The minimum absolute atomic E-state index is 0.104. The van der Waals surface area contributed by atoms with Crippen molar-refractivity contribution in [1.82, 2.24) is 5.43 Å². The summed E-state index contributed by atoms with van der Waals surface area (Å²) in [6.07, 6.45) is 1.75. The lowest BCUT2D eigenvalue weighted by atomic mass is 10.1. The number of phenols is 1. The summed E-state index contributed by atoms with van der Waals surface area (Å²) in [5.41, 5.74) is 4.48. The Balaban J connectivity index is 1.92. The number of carbonyl (C=O) groups is 2. The van der Waals surface area contributed by atoms with Crippen molar-refractivity contribution in [2.45, 2.75) is 26.7 Å². The van der Waals surface area contributed by atoms with Gasteiger partial charge < -0.3 is 15.2 Å². The van der Waals surface area contributed by atoms with E-state index in [-0.39, 0.29) is 22.9 Å². The fourth-order valence-corrected chi connectivity index (χ4v) is 2.66. The lowest BCUT2D eigenvalue weighted by Gasteiger charge is -2.09. The van der Waals surface area contributed by atoms with E-state index in [9.17, 15) is 14.7 Å². The lowest BCUT2D eigenvalue weighted by molar-refractivity contribution is -0.126. The number of nitrogens with zero attached hydrogens (tertiary/aromatic N) is 1. The van der Waals surface area contributed by atoms with E-state index in [1.54, 1.807) is 13.0 Å². The molecule has 148 valence electrons. The van der Waals surface area contributed by atoms with Gasteiger partial charge in [0.1, 0.15) is 6.42 Å². The number of para-hydroxylation sites is 1. The van der Waals surface area contributed by atoms with Crippen LogP contribution < -0.4 is 15.5 Å². The highest BCUT2D eigenvalue weighted by Crippen LogP contribution is 2.34. The van der Waals surface area contributed by atoms with Crippen LogP contribution in [0.15, 0.2) is 41.5 Å². The molecule has 2 rings (SSSR count). The smallest absolute Gasteiger partial charge is 0.249 e. The zero-order chi connectivity index (χ0) is 20.5. The van der Waals surface area contributed by atoms with E-state index >= 15 is 0 Å². The maximum absolute atomic E-state index is 12.0. The highest BCUT2D eigenvalue weighted by atomic mass is 35.5. The molecule has 0 saturated heterocycles. The molecule has 8 heteroatoms. The van der Waals surface area contributed by atoms with Crippen molar-refractivity contribution in [3.8, 4) is 11.5 Å². The van der Waals surface area contributed by atoms with Crippen molar-refractivity contribution in [3.05, 3.63) is 52.5 Å². The fraction of sp³-hybridized carbons (Fsp3) is 0.250. The predicted octanol–water partition coefficient (Wildman–Crippen LogP) is 3.49. The number of nitrogens with one attached hydrogen (secondary N) is 2. The van der Waals surface area contributed by atoms with E-state index < -0.39 is 11.8 Å². The van der Waals surface area contributed by atoms with E-state index in [0.29, 0.717) is 17.9 Å². The number of phenolic OH excluding ortho intramolecular Hbond substituents is 1. The Morgan fingerprint density at radius 3 is 2.68 bits per heavy atom. The number of hydrogen-bond acceptors (Lipinski definition) is 5. The van der Waals surface area contributed by atoms with Crippen molar-refractivity contribution < 1.29 is 19.4 Å². The lowest BCUT2D eigenvalue weighted by Crippen LogP contribution is -2.25. The van der Waals surface area contributed by atoms with Gasteiger partial charge in [0.15, 0.2) is 11.5 Å². The second kappa shape index (κ2) is 10.3. The Labute approximate surface area is 168 Å². The van der Waals surface area contributed by atoms with Crippen LogP contribution in [0.4, 0.5) is 5.69 Å². The number of benzene rings is 2. The molecule has 0 aliphatic rings. The summed E-state index contributed by atoms with van der Waals surface area (Å²) in [5, 5.41) is 16.4. The van der Waals surface area contributed by atoms with Gasteiger partial charge in [-0.1, -0.05) is 36.7 Å². The summed E-state index contributed by atoms with van der Waals surface area (Å²) in [7, 11) is 0. The van der Waals surface area contributed by atoms with Gasteiger partial charge in [0, 0.05) is 5.69 Å². The first-order valence-corrected chi connectivity index (χ1v) is 9.17. The third-order valence-electron chi connectivity index (χ3n) is 3.75. The Bertz CT molecular complexity index is 884. The molecular weight excluding hydrogens is 382 g/mol. The molecule has 0 heterocycles. The van der Waals surface area contributed by atoms with Crippen molar-refractivity contribution in [1.29, 1.82) is 0 Å². The van der Waals surface area contributed by atoms with Crippen molar-refractivity contribution in [2.24, 2.45) is 5.10 Å². The van der Waals surface area contributed by atoms with Gasteiger partial charge in [-0.25, -0.2) is 5.43 Å². The third kappa shape index (κ3) is 5.99. The zero-order valence-corrected chi connectivity index (χ0v) is 16.4. The Morgan fingerprint density at radius 1 is 1.21 bits per heavy atom. The molecule has 2 amide bonds. The van der Waals surface area contributed by atoms with Gasteiger partial charge in [-0.05, 0) is 42.7 Å². The van der Waals surface area contributed by atoms with Gasteiger partial charge in [-0.2, -0.15) is 5.10 Å². The molecule has 0 aromatic heterocycles. The van der Waals surface area contributed by atoms with Crippen LogP contribution in [-0.4, -0.2) is 29.7 Å². The molecule has 0 bridgehead atoms. The van der Waals surface area contributed by atoms with Crippen molar-refractivity contribution >= 4 is 35.3 Å². The second-order valence-electron chi connectivity index (χ2n) is 5.81. The molecule has 2 aromatic rings. The van der Waals surface area contributed by atoms with E-state index in [0.717, 1.165) is 12.0 Å². The van der Waals surface area contributed by atoms with Crippen molar-refractivity contribution in [2.75, 3.05) is 11.9 Å². The zero-order valence-electron chi connectivity index (χ0n) is 15.7.